The van der Waals surface area contributed by atoms with Gasteiger partial charge in [-0.2, -0.15) is 0 Å². The van der Waals surface area contributed by atoms with E-state index in [1.54, 1.807) is 0 Å². The van der Waals surface area contributed by atoms with Crippen LogP contribution in [0.25, 0.3) is 44.6 Å². The molecule has 210 valence electrons. The average molecular weight is 570 g/mol. The molecule has 6 N–H and O–H groups in total. The van der Waals surface area contributed by atoms with E-state index >= 15 is 0 Å². The molecule has 0 bridgehead atoms. The van der Waals surface area contributed by atoms with E-state index in [9.17, 15) is 40.2 Å². The molecule has 42 heavy (non-hydrogen) atoms. The number of rotatable bonds is 5. The molecule has 12 heteroatoms. The van der Waals surface area contributed by atoms with Crippen LogP contribution < -0.4 is 20.6 Å². The van der Waals surface area contributed by atoms with Gasteiger partial charge < -0.3 is 39.5 Å². The molecule has 0 spiro atoms. The normalized spacial score (nSPS) is 11.1. The predicted octanol–water partition coefficient (Wildman–Crippen LogP) is 4.84. The SMILES string of the molecule is O=c1c(O)c(-c2ccc(O)cc2)oc2cc(O)cc(OOc3cc(O)cc4oc(-c5ccc(O)cc5)c(O)c(=O)c34)c12. The fraction of sp³-hybridized carbons (Fsp3) is 0. The highest BCUT2D eigenvalue weighted by Gasteiger charge is 2.23. The van der Waals surface area contributed by atoms with Crippen LogP contribution in [-0.2, 0) is 0 Å². The van der Waals surface area contributed by atoms with E-state index in [1.807, 2.05) is 0 Å². The average Bonchev–Trinajstić information content (AvgIpc) is 2.96. The van der Waals surface area contributed by atoms with E-state index in [1.165, 1.54) is 48.5 Å². The van der Waals surface area contributed by atoms with Crippen LogP contribution in [0.3, 0.4) is 0 Å². The smallest absolute Gasteiger partial charge is 0.238 e. The molecule has 12 nitrogen and oxygen atoms in total. The minimum Gasteiger partial charge on any atom is -0.508 e. The maximum Gasteiger partial charge on any atom is 0.238 e. The molecule has 6 aromatic rings. The van der Waals surface area contributed by atoms with Gasteiger partial charge in [0, 0.05) is 35.4 Å². The van der Waals surface area contributed by atoms with E-state index in [2.05, 4.69) is 0 Å². The molecule has 0 amide bonds. The zero-order chi connectivity index (χ0) is 29.7. The molecular weight excluding hydrogens is 552 g/mol. The molecule has 0 radical (unpaired) electrons. The third-order valence-corrected chi connectivity index (χ3v) is 6.32. The molecule has 6 rings (SSSR count). The summed E-state index contributed by atoms with van der Waals surface area (Å²) in [6, 6.07) is 15.1. The maximum atomic E-state index is 13.2. The van der Waals surface area contributed by atoms with Crippen molar-refractivity contribution in [1.82, 2.24) is 0 Å². The number of fused-ring (bicyclic) bond motifs is 2. The summed E-state index contributed by atoms with van der Waals surface area (Å²) in [7, 11) is 0. The first-order valence-corrected chi connectivity index (χ1v) is 12.1. The Hall–Kier alpha value is -6.30. The van der Waals surface area contributed by atoms with E-state index in [4.69, 9.17) is 18.6 Å². The first kappa shape index (κ1) is 26.0. The first-order valence-electron chi connectivity index (χ1n) is 12.1. The maximum absolute atomic E-state index is 13.2. The predicted molar refractivity (Wildman–Crippen MR) is 147 cm³/mol. The Balaban J connectivity index is 1.44. The molecular formula is C30H18O12. The van der Waals surface area contributed by atoms with E-state index < -0.39 is 45.4 Å². The second-order valence-electron chi connectivity index (χ2n) is 9.11. The largest absolute Gasteiger partial charge is 0.508 e. The Morgan fingerprint density at radius 1 is 0.476 bits per heavy atom. The van der Waals surface area contributed by atoms with Crippen LogP contribution in [0.15, 0.2) is 91.2 Å². The first-order chi connectivity index (χ1) is 20.1. The van der Waals surface area contributed by atoms with Gasteiger partial charge in [0.25, 0.3) is 0 Å². The van der Waals surface area contributed by atoms with Gasteiger partial charge in [0.1, 0.15) is 44.9 Å². The van der Waals surface area contributed by atoms with Crippen molar-refractivity contribution in [3.05, 3.63) is 93.2 Å². The Kier molecular flexibility index (Phi) is 6.00. The lowest BCUT2D eigenvalue weighted by molar-refractivity contribution is -0.0972. The quantitative estimate of drug-likeness (QED) is 0.122. The van der Waals surface area contributed by atoms with Gasteiger partial charge in [-0.25, -0.2) is 0 Å². The van der Waals surface area contributed by atoms with E-state index in [0.29, 0.717) is 0 Å². The molecule has 0 saturated carbocycles. The third-order valence-electron chi connectivity index (χ3n) is 6.32. The second-order valence-corrected chi connectivity index (χ2v) is 9.11. The summed E-state index contributed by atoms with van der Waals surface area (Å²) in [4.78, 5) is 36.9. The van der Waals surface area contributed by atoms with Gasteiger partial charge in [-0.15, -0.1) is 0 Å². The van der Waals surface area contributed by atoms with Gasteiger partial charge in [0.05, 0.1) is 0 Å². The Morgan fingerprint density at radius 3 is 1.19 bits per heavy atom. The lowest BCUT2D eigenvalue weighted by Crippen LogP contribution is -2.10. The molecule has 0 saturated heterocycles. The van der Waals surface area contributed by atoms with Crippen molar-refractivity contribution in [3.8, 4) is 68.6 Å². The van der Waals surface area contributed by atoms with Crippen LogP contribution in [0.2, 0.25) is 0 Å². The van der Waals surface area contributed by atoms with Crippen molar-refractivity contribution in [3.63, 3.8) is 0 Å². The molecule has 0 aliphatic rings. The number of hydrogen-bond donors (Lipinski definition) is 6. The van der Waals surface area contributed by atoms with Crippen LogP contribution >= 0.6 is 0 Å². The number of phenolic OH excluding ortho intramolecular Hbond substituents is 4. The Bertz CT molecular complexity index is 1970. The van der Waals surface area contributed by atoms with Crippen molar-refractivity contribution in [1.29, 1.82) is 0 Å². The molecule has 0 aliphatic carbocycles. The highest BCUT2D eigenvalue weighted by molar-refractivity contribution is 5.90. The van der Waals surface area contributed by atoms with Gasteiger partial charge in [0.2, 0.25) is 22.4 Å². The van der Waals surface area contributed by atoms with Crippen molar-refractivity contribution >= 4 is 21.9 Å². The van der Waals surface area contributed by atoms with Crippen molar-refractivity contribution < 1.29 is 49.2 Å². The number of phenols is 4. The fourth-order valence-electron chi connectivity index (χ4n) is 4.36. The molecule has 2 aromatic heterocycles. The van der Waals surface area contributed by atoms with Gasteiger partial charge in [-0.3, -0.25) is 19.4 Å². The highest BCUT2D eigenvalue weighted by Crippen LogP contribution is 2.39. The van der Waals surface area contributed by atoms with Gasteiger partial charge in [-0.1, -0.05) is 0 Å². The van der Waals surface area contributed by atoms with Gasteiger partial charge in [0.15, 0.2) is 23.0 Å². The zero-order valence-electron chi connectivity index (χ0n) is 21.1. The van der Waals surface area contributed by atoms with Crippen LogP contribution in [0, 0.1) is 0 Å². The topological polar surface area (TPSA) is 200 Å². The number of benzene rings is 4. The summed E-state index contributed by atoms with van der Waals surface area (Å²) >= 11 is 0. The lowest BCUT2D eigenvalue weighted by Gasteiger charge is -2.13. The molecule has 0 atom stereocenters. The standard InChI is InChI=1S/C30H18O12/c31-15-5-1-13(2-6-15)29-27(37)25(35)23-19(39-29)9-17(33)11-21(23)41-42-22-12-18(34)10-20-24(22)26(36)28(38)30(40-20)14-3-7-16(32)8-4-14/h1-12,31-34,37-38H. The summed E-state index contributed by atoms with van der Waals surface area (Å²) in [5, 5.41) is 60.2. The summed E-state index contributed by atoms with van der Waals surface area (Å²) in [5.41, 5.74) is -1.78. The summed E-state index contributed by atoms with van der Waals surface area (Å²) in [6.45, 7) is 0. The zero-order valence-corrected chi connectivity index (χ0v) is 21.1. The van der Waals surface area contributed by atoms with Crippen LogP contribution in [0.4, 0.5) is 0 Å². The van der Waals surface area contributed by atoms with E-state index in [-0.39, 0.29) is 56.1 Å². The number of hydrogen-bond acceptors (Lipinski definition) is 12. The minimum atomic E-state index is -0.950. The molecule has 2 heterocycles. The summed E-state index contributed by atoms with van der Waals surface area (Å²) in [6.07, 6.45) is 0. The van der Waals surface area contributed by atoms with Crippen LogP contribution in [-0.4, -0.2) is 30.6 Å². The summed E-state index contributed by atoms with van der Waals surface area (Å²) in [5.74, 6) is -3.82. The lowest BCUT2D eigenvalue weighted by atomic mass is 10.1. The Labute approximate surface area is 233 Å². The van der Waals surface area contributed by atoms with Crippen molar-refractivity contribution in [2.75, 3.05) is 0 Å². The van der Waals surface area contributed by atoms with Crippen molar-refractivity contribution in [2.24, 2.45) is 0 Å². The van der Waals surface area contributed by atoms with E-state index in [0.717, 1.165) is 24.3 Å². The summed E-state index contributed by atoms with van der Waals surface area (Å²) < 4.78 is 11.4. The fourth-order valence-corrected chi connectivity index (χ4v) is 4.36. The molecule has 0 aliphatic heterocycles. The molecule has 0 fully saturated rings. The third kappa shape index (κ3) is 4.38. The number of aromatic hydroxyl groups is 6. The van der Waals surface area contributed by atoms with Crippen LogP contribution in [0.5, 0.6) is 46.0 Å². The van der Waals surface area contributed by atoms with Crippen LogP contribution in [0.1, 0.15) is 0 Å². The molecule has 0 unspecified atom stereocenters. The van der Waals surface area contributed by atoms with Crippen molar-refractivity contribution in [2.45, 2.75) is 0 Å². The monoisotopic (exact) mass is 570 g/mol. The second kappa shape index (κ2) is 9.71. The minimum absolute atomic E-state index is 0.0507. The Morgan fingerprint density at radius 2 is 0.833 bits per heavy atom. The van der Waals surface area contributed by atoms with Gasteiger partial charge in [-0.05, 0) is 48.5 Å². The van der Waals surface area contributed by atoms with Gasteiger partial charge >= 0.3 is 0 Å². The highest BCUT2D eigenvalue weighted by atomic mass is 17.2. The molecule has 4 aromatic carbocycles.